The van der Waals surface area contributed by atoms with E-state index in [1.165, 1.54) is 12.4 Å². The van der Waals surface area contributed by atoms with Crippen LogP contribution in [-0.4, -0.2) is 51.2 Å². The molecule has 1 aliphatic carbocycles. The lowest BCUT2D eigenvalue weighted by Crippen LogP contribution is -2.42. The number of pyridine rings is 2. The molecule has 0 radical (unpaired) electrons. The van der Waals surface area contributed by atoms with Crippen molar-refractivity contribution in [3.8, 4) is 17.0 Å². The van der Waals surface area contributed by atoms with Crippen molar-refractivity contribution in [3.05, 3.63) is 53.7 Å². The van der Waals surface area contributed by atoms with Gasteiger partial charge in [-0.2, -0.15) is 18.3 Å². The van der Waals surface area contributed by atoms with Gasteiger partial charge in [0.25, 0.3) is 5.91 Å². The molecule has 1 fully saturated rings. The van der Waals surface area contributed by atoms with Gasteiger partial charge in [0.05, 0.1) is 47.7 Å². The van der Waals surface area contributed by atoms with Gasteiger partial charge in [0.2, 0.25) is 0 Å². The number of alkyl halides is 3. The Kier molecular flexibility index (Phi) is 6.54. The van der Waals surface area contributed by atoms with Crippen molar-refractivity contribution in [3.63, 3.8) is 0 Å². The second kappa shape index (κ2) is 9.29. The Morgan fingerprint density at radius 2 is 1.86 bits per heavy atom. The van der Waals surface area contributed by atoms with Gasteiger partial charge in [-0.25, -0.2) is 4.98 Å². The van der Waals surface area contributed by atoms with Crippen LogP contribution in [0.1, 0.15) is 47.3 Å². The number of carbonyl (C=O) groups excluding carboxylic acids is 1. The summed E-state index contributed by atoms with van der Waals surface area (Å²) in [5.41, 5.74) is 3.04. The number of amides is 1. The fourth-order valence-electron chi connectivity index (χ4n) is 5.03. The number of fused-ring (bicyclic) bond motifs is 2. The first-order valence-corrected chi connectivity index (χ1v) is 11.1. The maximum absolute atomic E-state index is 13.6. The molecule has 0 aromatic carbocycles. The molecule has 3 aromatic heterocycles. The van der Waals surface area contributed by atoms with Crippen LogP contribution in [0.5, 0.6) is 5.75 Å². The van der Waals surface area contributed by atoms with Crippen LogP contribution in [0.2, 0.25) is 0 Å². The monoisotopic (exact) mass is 489 g/mol. The van der Waals surface area contributed by atoms with E-state index in [9.17, 15) is 18.0 Å². The van der Waals surface area contributed by atoms with Crippen LogP contribution in [0.15, 0.2) is 36.9 Å². The molecule has 5 rings (SSSR count). The lowest BCUT2D eigenvalue weighted by atomic mass is 9.90. The van der Waals surface area contributed by atoms with Gasteiger partial charge >= 0.3 is 6.18 Å². The largest absolute Gasteiger partial charge is 0.495 e. The molecule has 11 heteroatoms. The van der Waals surface area contributed by atoms with E-state index in [-0.39, 0.29) is 5.91 Å². The first-order valence-electron chi connectivity index (χ1n) is 11.1. The van der Waals surface area contributed by atoms with Crippen LogP contribution in [0.25, 0.3) is 11.3 Å². The molecule has 1 aliphatic heterocycles. The number of halogens is 3. The summed E-state index contributed by atoms with van der Waals surface area (Å²) in [6.45, 7) is 0.647. The molecular weight excluding hydrogens is 463 g/mol. The molecule has 186 valence electrons. The second-order valence-corrected chi connectivity index (χ2v) is 8.55. The summed E-state index contributed by atoms with van der Waals surface area (Å²) in [6.07, 6.45) is 4.67. The zero-order valence-corrected chi connectivity index (χ0v) is 19.6. The van der Waals surface area contributed by atoms with Crippen LogP contribution in [0.4, 0.5) is 18.9 Å². The van der Waals surface area contributed by atoms with Crippen molar-refractivity contribution in [2.75, 3.05) is 19.1 Å². The van der Waals surface area contributed by atoms with Gasteiger partial charge in [0, 0.05) is 25.1 Å². The molecular formula is C24H26F3N5O3. The van der Waals surface area contributed by atoms with Crippen LogP contribution < -0.4 is 9.64 Å². The Morgan fingerprint density at radius 1 is 1.14 bits per heavy atom. The Hall–Kier alpha value is -3.47. The smallest absolute Gasteiger partial charge is 0.408 e. The Morgan fingerprint density at radius 3 is 2.51 bits per heavy atom. The molecule has 0 unspecified atom stereocenters. The van der Waals surface area contributed by atoms with Gasteiger partial charge in [-0.15, -0.1) is 0 Å². The van der Waals surface area contributed by atoms with Gasteiger partial charge in [0.15, 0.2) is 0 Å². The van der Waals surface area contributed by atoms with Crippen molar-refractivity contribution in [1.29, 1.82) is 0 Å². The Balaban J connectivity index is 0.00000141. The minimum Gasteiger partial charge on any atom is -0.495 e. The number of anilines is 1. The third-order valence-electron chi connectivity index (χ3n) is 6.40. The number of nitrogens with zero attached hydrogens (tertiary/aromatic N) is 5. The number of hydrogen-bond donors (Lipinski definition) is 1. The highest BCUT2D eigenvalue weighted by molar-refractivity contribution is 6.12. The Bertz CT molecular complexity index is 1240. The maximum atomic E-state index is 13.6. The standard InChI is InChI=1S/C23H22F3N5O2.CH4O/c1-14-7-18(15-8-17(33-2)11-27-9-15)29-20-19(14)21(32)31(22(20)5-3-4-6-22)16-10-28-30(12-16)13-23(24,25)26;1-2/h7-12H,3-6,13H2,1-2H3;2H,1H3. The van der Waals surface area contributed by atoms with Gasteiger partial charge in [-0.05, 0) is 37.5 Å². The highest BCUT2D eigenvalue weighted by atomic mass is 19.4. The number of ether oxygens (including phenoxy) is 1. The predicted octanol–water partition coefficient (Wildman–Crippen LogP) is 4.26. The molecule has 0 saturated heterocycles. The minimum atomic E-state index is -4.40. The third kappa shape index (κ3) is 4.36. The van der Waals surface area contributed by atoms with Gasteiger partial charge < -0.3 is 9.84 Å². The molecule has 1 spiro atoms. The number of rotatable bonds is 4. The summed E-state index contributed by atoms with van der Waals surface area (Å²) in [4.78, 5) is 24.4. The van der Waals surface area contributed by atoms with E-state index >= 15 is 0 Å². The second-order valence-electron chi connectivity index (χ2n) is 8.55. The van der Waals surface area contributed by atoms with E-state index in [2.05, 4.69) is 10.1 Å². The number of aliphatic hydroxyl groups excluding tert-OH is 1. The fraction of sp³-hybridized carbons (Fsp3) is 0.417. The lowest BCUT2D eigenvalue weighted by Gasteiger charge is -2.34. The molecule has 2 aliphatic rings. The molecule has 35 heavy (non-hydrogen) atoms. The molecule has 1 N–H and O–H groups in total. The van der Waals surface area contributed by atoms with E-state index in [0.29, 0.717) is 41.2 Å². The van der Waals surface area contributed by atoms with Crippen LogP contribution in [-0.2, 0) is 12.1 Å². The van der Waals surface area contributed by atoms with Gasteiger partial charge in [-0.1, -0.05) is 12.8 Å². The highest BCUT2D eigenvalue weighted by Gasteiger charge is 2.54. The zero-order valence-electron chi connectivity index (χ0n) is 19.6. The lowest BCUT2D eigenvalue weighted by molar-refractivity contribution is -0.142. The normalized spacial score (nSPS) is 16.3. The van der Waals surface area contributed by atoms with Crippen molar-refractivity contribution in [1.82, 2.24) is 19.7 Å². The molecule has 3 aromatic rings. The summed E-state index contributed by atoms with van der Waals surface area (Å²) in [5.74, 6) is 0.344. The topological polar surface area (TPSA) is 93.4 Å². The van der Waals surface area contributed by atoms with Crippen molar-refractivity contribution >= 4 is 11.6 Å². The first kappa shape index (κ1) is 24.6. The fourth-order valence-corrected chi connectivity index (χ4v) is 5.03. The minimum absolute atomic E-state index is 0.251. The van der Waals surface area contributed by atoms with E-state index in [1.807, 2.05) is 19.1 Å². The van der Waals surface area contributed by atoms with Crippen LogP contribution in [0, 0.1) is 6.92 Å². The predicted molar refractivity (Wildman–Crippen MR) is 122 cm³/mol. The van der Waals surface area contributed by atoms with Crippen molar-refractivity contribution in [2.24, 2.45) is 0 Å². The van der Waals surface area contributed by atoms with Crippen LogP contribution >= 0.6 is 0 Å². The van der Waals surface area contributed by atoms with Crippen molar-refractivity contribution < 1.29 is 27.8 Å². The highest BCUT2D eigenvalue weighted by Crippen LogP contribution is 2.52. The maximum Gasteiger partial charge on any atom is 0.408 e. The quantitative estimate of drug-likeness (QED) is 0.589. The van der Waals surface area contributed by atoms with Crippen molar-refractivity contribution in [2.45, 2.75) is 50.9 Å². The number of carbonyl (C=O) groups is 1. The number of hydrogen-bond acceptors (Lipinski definition) is 6. The molecule has 4 heterocycles. The Labute approximate surface area is 200 Å². The van der Waals surface area contributed by atoms with Gasteiger partial charge in [-0.3, -0.25) is 19.4 Å². The molecule has 8 nitrogen and oxygen atoms in total. The summed E-state index contributed by atoms with van der Waals surface area (Å²) in [6, 6.07) is 3.67. The molecule has 0 bridgehead atoms. The van der Waals surface area contributed by atoms with E-state index < -0.39 is 18.3 Å². The summed E-state index contributed by atoms with van der Waals surface area (Å²) in [5, 5.41) is 10.9. The SMILES string of the molecule is CO.COc1cncc(-c2cc(C)c3c(n2)C2(CCCC2)N(c2cnn(CC(F)(F)F)c2)C3=O)c1. The average Bonchev–Trinajstić information content (AvgIpc) is 3.54. The summed E-state index contributed by atoms with van der Waals surface area (Å²) < 4.78 is 44.7. The van der Waals surface area contributed by atoms with Crippen LogP contribution in [0.3, 0.4) is 0 Å². The summed E-state index contributed by atoms with van der Waals surface area (Å²) in [7, 11) is 2.56. The number of methoxy groups -OCH3 is 1. The number of aromatic nitrogens is 4. The van der Waals surface area contributed by atoms with E-state index in [0.717, 1.165) is 35.8 Å². The molecule has 1 saturated carbocycles. The third-order valence-corrected chi connectivity index (χ3v) is 6.40. The number of aliphatic hydroxyl groups is 1. The summed E-state index contributed by atoms with van der Waals surface area (Å²) >= 11 is 0. The zero-order chi connectivity index (χ0) is 25.4. The first-order chi connectivity index (χ1) is 16.7. The molecule has 1 amide bonds. The van der Waals surface area contributed by atoms with Gasteiger partial charge in [0.1, 0.15) is 12.3 Å². The molecule has 0 atom stereocenters. The van der Waals surface area contributed by atoms with E-state index in [1.54, 1.807) is 24.4 Å². The van der Waals surface area contributed by atoms with E-state index in [4.69, 9.17) is 14.8 Å². The number of aryl methyl sites for hydroxylation is 1. The average molecular weight is 489 g/mol.